The van der Waals surface area contributed by atoms with Gasteiger partial charge in [0.1, 0.15) is 0 Å². The first-order valence-corrected chi connectivity index (χ1v) is 8.82. The molecule has 20 heavy (non-hydrogen) atoms. The van der Waals surface area contributed by atoms with Crippen molar-refractivity contribution in [3.63, 3.8) is 0 Å². The molecule has 1 aromatic carbocycles. The molecule has 0 saturated heterocycles. The van der Waals surface area contributed by atoms with Gasteiger partial charge in [0.05, 0.1) is 0 Å². The highest BCUT2D eigenvalue weighted by atomic mass is 32.1. The van der Waals surface area contributed by atoms with Gasteiger partial charge in [-0.25, -0.2) is 0 Å². The van der Waals surface area contributed by atoms with Gasteiger partial charge in [-0.05, 0) is 66.2 Å². The van der Waals surface area contributed by atoms with Crippen LogP contribution >= 0.6 is 11.3 Å². The average Bonchev–Trinajstić information content (AvgIpc) is 3.33. The van der Waals surface area contributed by atoms with Gasteiger partial charge in [-0.15, -0.1) is 11.3 Å². The van der Waals surface area contributed by atoms with E-state index >= 15 is 0 Å². The van der Waals surface area contributed by atoms with Crippen molar-refractivity contribution in [2.45, 2.75) is 64.0 Å². The van der Waals surface area contributed by atoms with Gasteiger partial charge in [-0.2, -0.15) is 0 Å². The van der Waals surface area contributed by atoms with E-state index in [4.69, 9.17) is 0 Å². The molecule has 0 aliphatic heterocycles. The van der Waals surface area contributed by atoms with Crippen molar-refractivity contribution >= 4 is 21.4 Å². The van der Waals surface area contributed by atoms with Gasteiger partial charge in [-0.3, -0.25) is 0 Å². The van der Waals surface area contributed by atoms with Crippen molar-refractivity contribution in [2.24, 2.45) is 0 Å². The Hall–Kier alpha value is -0.860. The summed E-state index contributed by atoms with van der Waals surface area (Å²) in [6.07, 6.45) is 5.55. The molecule has 0 amide bonds. The van der Waals surface area contributed by atoms with E-state index in [1.807, 2.05) is 11.3 Å². The predicted molar refractivity (Wildman–Crippen MR) is 87.8 cm³/mol. The maximum atomic E-state index is 3.70. The van der Waals surface area contributed by atoms with Gasteiger partial charge in [0, 0.05) is 22.2 Å². The highest BCUT2D eigenvalue weighted by Crippen LogP contribution is 2.48. The molecule has 1 aromatic heterocycles. The lowest BCUT2D eigenvalue weighted by Gasteiger charge is -2.07. The molecule has 2 aliphatic rings. The van der Waals surface area contributed by atoms with Crippen molar-refractivity contribution in [3.8, 4) is 0 Å². The molecule has 2 aromatic rings. The molecule has 1 nitrogen and oxygen atoms in total. The zero-order valence-electron chi connectivity index (χ0n) is 12.4. The molecule has 0 atom stereocenters. The number of hydrogen-bond donors (Lipinski definition) is 1. The fourth-order valence-electron chi connectivity index (χ4n) is 3.02. The number of nitrogens with one attached hydrogen (secondary N) is 1. The molecule has 0 spiro atoms. The van der Waals surface area contributed by atoms with Crippen molar-refractivity contribution in [1.29, 1.82) is 0 Å². The minimum absolute atomic E-state index is 0.624. The first kappa shape index (κ1) is 12.8. The first-order valence-electron chi connectivity index (χ1n) is 8.01. The molecule has 0 radical (unpaired) electrons. The third kappa shape index (κ3) is 2.40. The molecule has 1 heterocycles. The summed E-state index contributed by atoms with van der Waals surface area (Å²) < 4.78 is 1.49. The minimum Gasteiger partial charge on any atom is -0.309 e. The number of fused-ring (bicyclic) bond motifs is 1. The minimum atomic E-state index is 0.624. The normalized spacial score (nSPS) is 19.1. The summed E-state index contributed by atoms with van der Waals surface area (Å²) in [5, 5.41) is 5.26. The summed E-state index contributed by atoms with van der Waals surface area (Å²) in [5.74, 6) is 1.47. The van der Waals surface area contributed by atoms with Gasteiger partial charge in [0.2, 0.25) is 0 Å². The SMILES string of the molecule is CC(C)c1ccc2sc(CNC3CC3)c(C3CC3)c2c1. The average molecular weight is 285 g/mol. The molecule has 2 saturated carbocycles. The lowest BCUT2D eigenvalue weighted by atomic mass is 9.98. The number of benzene rings is 1. The van der Waals surface area contributed by atoms with Crippen LogP contribution in [0.4, 0.5) is 0 Å². The lowest BCUT2D eigenvalue weighted by Crippen LogP contribution is -2.15. The third-order valence-electron chi connectivity index (χ3n) is 4.61. The Kier molecular flexibility index (Phi) is 3.12. The molecule has 2 aliphatic carbocycles. The van der Waals surface area contributed by atoms with Crippen LogP contribution in [0.15, 0.2) is 18.2 Å². The van der Waals surface area contributed by atoms with Crippen LogP contribution in [0.2, 0.25) is 0 Å². The van der Waals surface area contributed by atoms with Gasteiger partial charge in [-0.1, -0.05) is 19.9 Å². The van der Waals surface area contributed by atoms with Crippen LogP contribution < -0.4 is 5.32 Å². The van der Waals surface area contributed by atoms with E-state index in [0.717, 1.165) is 18.5 Å². The van der Waals surface area contributed by atoms with E-state index in [-0.39, 0.29) is 0 Å². The fraction of sp³-hybridized carbons (Fsp3) is 0.556. The Morgan fingerprint density at radius 2 is 2.00 bits per heavy atom. The van der Waals surface area contributed by atoms with Crippen LogP contribution in [-0.2, 0) is 6.54 Å². The summed E-state index contributed by atoms with van der Waals surface area (Å²) in [7, 11) is 0. The summed E-state index contributed by atoms with van der Waals surface area (Å²) in [6, 6.07) is 7.93. The van der Waals surface area contributed by atoms with Crippen molar-refractivity contribution in [3.05, 3.63) is 34.2 Å². The standard InChI is InChI=1S/C18H23NS/c1-11(2)13-5-8-16-15(9-13)18(12-3-4-12)17(20-16)10-19-14-6-7-14/h5,8-9,11-12,14,19H,3-4,6-7,10H2,1-2H3. The van der Waals surface area contributed by atoms with Crippen molar-refractivity contribution in [2.75, 3.05) is 0 Å². The Balaban J connectivity index is 1.75. The first-order chi connectivity index (χ1) is 9.72. The molecule has 2 heteroatoms. The van der Waals surface area contributed by atoms with Crippen LogP contribution in [0.3, 0.4) is 0 Å². The monoisotopic (exact) mass is 285 g/mol. The quantitative estimate of drug-likeness (QED) is 0.800. The van der Waals surface area contributed by atoms with Crippen LogP contribution in [0.25, 0.3) is 10.1 Å². The largest absolute Gasteiger partial charge is 0.309 e. The van der Waals surface area contributed by atoms with Crippen LogP contribution in [0.5, 0.6) is 0 Å². The summed E-state index contributed by atoms with van der Waals surface area (Å²) in [5.41, 5.74) is 3.17. The molecular weight excluding hydrogens is 262 g/mol. The van der Waals surface area contributed by atoms with Gasteiger partial charge in [0.25, 0.3) is 0 Å². The highest BCUT2D eigenvalue weighted by molar-refractivity contribution is 7.19. The van der Waals surface area contributed by atoms with Gasteiger partial charge >= 0.3 is 0 Å². The van der Waals surface area contributed by atoms with Crippen LogP contribution in [0, 0.1) is 0 Å². The van der Waals surface area contributed by atoms with Gasteiger partial charge in [0.15, 0.2) is 0 Å². The van der Waals surface area contributed by atoms with Gasteiger partial charge < -0.3 is 5.32 Å². The zero-order valence-corrected chi connectivity index (χ0v) is 13.2. The van der Waals surface area contributed by atoms with E-state index in [1.54, 1.807) is 15.8 Å². The van der Waals surface area contributed by atoms with E-state index in [9.17, 15) is 0 Å². The molecule has 4 rings (SSSR count). The number of hydrogen-bond acceptors (Lipinski definition) is 2. The number of thiophene rings is 1. The van der Waals surface area contributed by atoms with Crippen molar-refractivity contribution in [1.82, 2.24) is 5.32 Å². The smallest absolute Gasteiger partial charge is 0.0349 e. The van der Waals surface area contributed by atoms with Crippen LogP contribution in [0.1, 0.15) is 67.4 Å². The van der Waals surface area contributed by atoms with Crippen LogP contribution in [-0.4, -0.2) is 6.04 Å². The highest BCUT2D eigenvalue weighted by Gasteiger charge is 2.30. The molecular formula is C18H23NS. The lowest BCUT2D eigenvalue weighted by molar-refractivity contribution is 0.691. The third-order valence-corrected chi connectivity index (χ3v) is 5.79. The molecule has 106 valence electrons. The summed E-state index contributed by atoms with van der Waals surface area (Å²) >= 11 is 2.02. The summed E-state index contributed by atoms with van der Waals surface area (Å²) in [4.78, 5) is 1.61. The Labute approximate surface area is 125 Å². The van der Waals surface area contributed by atoms with E-state index < -0.39 is 0 Å². The van der Waals surface area contributed by atoms with E-state index in [1.165, 1.54) is 35.9 Å². The maximum Gasteiger partial charge on any atom is 0.0349 e. The Morgan fingerprint density at radius 1 is 1.20 bits per heavy atom. The second-order valence-electron chi connectivity index (χ2n) is 6.78. The predicted octanol–water partition coefficient (Wildman–Crippen LogP) is 5.15. The fourth-order valence-corrected chi connectivity index (χ4v) is 4.24. The second kappa shape index (κ2) is 4.85. The molecule has 1 N–H and O–H groups in total. The molecule has 0 bridgehead atoms. The maximum absolute atomic E-state index is 3.70. The Bertz CT molecular complexity index is 632. The zero-order chi connectivity index (χ0) is 13.7. The summed E-state index contributed by atoms with van der Waals surface area (Å²) in [6.45, 7) is 5.67. The van der Waals surface area contributed by atoms with Crippen molar-refractivity contribution < 1.29 is 0 Å². The molecule has 2 fully saturated rings. The topological polar surface area (TPSA) is 12.0 Å². The Morgan fingerprint density at radius 3 is 2.65 bits per heavy atom. The number of rotatable bonds is 5. The van der Waals surface area contributed by atoms with E-state index in [2.05, 4.69) is 37.4 Å². The van der Waals surface area contributed by atoms with E-state index in [0.29, 0.717) is 5.92 Å². The molecule has 0 unspecified atom stereocenters. The second-order valence-corrected chi connectivity index (χ2v) is 7.92.